The van der Waals surface area contributed by atoms with Crippen LogP contribution in [0.4, 0.5) is 0 Å². The van der Waals surface area contributed by atoms with E-state index in [9.17, 15) is 0 Å². The second-order valence-electron chi connectivity index (χ2n) is 5.54. The van der Waals surface area contributed by atoms with Crippen LogP contribution < -0.4 is 15.8 Å². The Kier molecular flexibility index (Phi) is 2.45. The Morgan fingerprint density at radius 2 is 2.21 bits per heavy atom. The SMILES string of the molecule is NC1NC2(CO1)c1ccccc1OC1=CCCCC12. The highest BCUT2D eigenvalue weighted by Gasteiger charge is 2.52. The molecule has 1 saturated heterocycles. The molecule has 1 aromatic rings. The van der Waals surface area contributed by atoms with Crippen molar-refractivity contribution in [1.82, 2.24) is 5.32 Å². The van der Waals surface area contributed by atoms with Crippen molar-refractivity contribution in [3.8, 4) is 5.75 Å². The average molecular weight is 258 g/mol. The van der Waals surface area contributed by atoms with Gasteiger partial charge in [0, 0.05) is 11.5 Å². The molecule has 4 nitrogen and oxygen atoms in total. The van der Waals surface area contributed by atoms with Gasteiger partial charge in [0.15, 0.2) is 6.35 Å². The van der Waals surface area contributed by atoms with Crippen LogP contribution >= 0.6 is 0 Å². The number of nitrogens with two attached hydrogens (primary N) is 1. The number of allylic oxidation sites excluding steroid dienone is 1. The van der Waals surface area contributed by atoms with Crippen LogP contribution in [0.1, 0.15) is 24.8 Å². The Bertz CT molecular complexity index is 543. The quantitative estimate of drug-likeness (QED) is 0.745. The molecule has 0 bridgehead atoms. The van der Waals surface area contributed by atoms with E-state index in [4.69, 9.17) is 15.2 Å². The molecule has 1 spiro atoms. The molecule has 2 aliphatic heterocycles. The second-order valence-corrected chi connectivity index (χ2v) is 5.54. The molecule has 3 aliphatic rings. The molecule has 3 N–H and O–H groups in total. The van der Waals surface area contributed by atoms with Gasteiger partial charge in [-0.25, -0.2) is 0 Å². The van der Waals surface area contributed by atoms with Gasteiger partial charge in [0.25, 0.3) is 0 Å². The minimum absolute atomic E-state index is 0.222. The first kappa shape index (κ1) is 11.5. The second kappa shape index (κ2) is 4.07. The van der Waals surface area contributed by atoms with Crippen molar-refractivity contribution in [3.05, 3.63) is 41.7 Å². The van der Waals surface area contributed by atoms with Gasteiger partial charge in [-0.15, -0.1) is 0 Å². The van der Waals surface area contributed by atoms with Gasteiger partial charge >= 0.3 is 0 Å². The van der Waals surface area contributed by atoms with Crippen molar-refractivity contribution < 1.29 is 9.47 Å². The fourth-order valence-corrected chi connectivity index (χ4v) is 3.61. The Labute approximate surface area is 112 Å². The van der Waals surface area contributed by atoms with Crippen molar-refractivity contribution in [2.24, 2.45) is 11.7 Å². The lowest BCUT2D eigenvalue weighted by Crippen LogP contribution is -2.53. The highest BCUT2D eigenvalue weighted by atomic mass is 16.5. The van der Waals surface area contributed by atoms with E-state index in [2.05, 4.69) is 17.5 Å². The smallest absolute Gasteiger partial charge is 0.161 e. The molecule has 1 fully saturated rings. The van der Waals surface area contributed by atoms with Gasteiger partial charge in [-0.05, 0) is 31.4 Å². The summed E-state index contributed by atoms with van der Waals surface area (Å²) in [4.78, 5) is 0. The number of para-hydroxylation sites is 1. The maximum Gasteiger partial charge on any atom is 0.161 e. The molecule has 19 heavy (non-hydrogen) atoms. The summed E-state index contributed by atoms with van der Waals surface area (Å²) in [6, 6.07) is 8.20. The van der Waals surface area contributed by atoms with Gasteiger partial charge in [0.2, 0.25) is 0 Å². The van der Waals surface area contributed by atoms with Crippen LogP contribution in [-0.4, -0.2) is 13.0 Å². The van der Waals surface area contributed by atoms with E-state index >= 15 is 0 Å². The zero-order chi connectivity index (χ0) is 12.9. The first-order valence-electron chi connectivity index (χ1n) is 6.92. The number of rotatable bonds is 0. The van der Waals surface area contributed by atoms with Crippen LogP contribution in [0.5, 0.6) is 5.75 Å². The molecule has 0 aromatic heterocycles. The van der Waals surface area contributed by atoms with Gasteiger partial charge in [-0.1, -0.05) is 18.2 Å². The number of ether oxygens (including phenoxy) is 2. The Balaban J connectivity index is 1.90. The fraction of sp³-hybridized carbons (Fsp3) is 0.467. The summed E-state index contributed by atoms with van der Waals surface area (Å²) < 4.78 is 11.7. The third-order valence-electron chi connectivity index (χ3n) is 4.47. The number of nitrogens with one attached hydrogen (secondary N) is 1. The van der Waals surface area contributed by atoms with Gasteiger partial charge in [0.1, 0.15) is 11.5 Å². The van der Waals surface area contributed by atoms with Gasteiger partial charge in [-0.2, -0.15) is 0 Å². The molecule has 0 radical (unpaired) electrons. The average Bonchev–Trinajstić information content (AvgIpc) is 2.82. The summed E-state index contributed by atoms with van der Waals surface area (Å²) in [7, 11) is 0. The van der Waals surface area contributed by atoms with Crippen LogP contribution in [-0.2, 0) is 10.3 Å². The summed E-state index contributed by atoms with van der Waals surface area (Å²) >= 11 is 0. The summed E-state index contributed by atoms with van der Waals surface area (Å²) in [6.07, 6.45) is 5.23. The lowest BCUT2D eigenvalue weighted by atomic mass is 9.71. The van der Waals surface area contributed by atoms with Gasteiger partial charge < -0.3 is 9.47 Å². The fourth-order valence-electron chi connectivity index (χ4n) is 3.61. The highest BCUT2D eigenvalue weighted by Crippen LogP contribution is 2.50. The van der Waals surface area contributed by atoms with Crippen LogP contribution in [0.15, 0.2) is 36.1 Å². The molecular weight excluding hydrogens is 240 g/mol. The summed E-state index contributed by atoms with van der Waals surface area (Å²) in [5.41, 5.74) is 6.88. The molecule has 4 heteroatoms. The van der Waals surface area contributed by atoms with E-state index < -0.39 is 6.35 Å². The Morgan fingerprint density at radius 3 is 3.05 bits per heavy atom. The monoisotopic (exact) mass is 258 g/mol. The minimum Gasteiger partial charge on any atom is -0.461 e. The molecule has 100 valence electrons. The van der Waals surface area contributed by atoms with E-state index in [1.54, 1.807) is 0 Å². The number of fused-ring (bicyclic) bond motifs is 4. The molecular formula is C15H18N2O2. The maximum atomic E-state index is 6.08. The minimum atomic E-state index is -0.394. The zero-order valence-corrected chi connectivity index (χ0v) is 10.8. The third-order valence-corrected chi connectivity index (χ3v) is 4.47. The molecule has 1 aromatic carbocycles. The largest absolute Gasteiger partial charge is 0.461 e. The normalized spacial score (nSPS) is 36.4. The van der Waals surface area contributed by atoms with Crippen LogP contribution in [0.2, 0.25) is 0 Å². The standard InChI is InChI=1S/C15H18N2O2/c16-14-17-15(9-18-14)10-5-1-3-7-12(10)19-13-8-4-2-6-11(13)15/h1,3,5,7-8,11,14,17H,2,4,6,9,16H2. The van der Waals surface area contributed by atoms with E-state index in [0.29, 0.717) is 12.5 Å². The first-order chi connectivity index (χ1) is 9.29. The Hall–Kier alpha value is -1.36. The zero-order valence-electron chi connectivity index (χ0n) is 10.8. The van der Waals surface area contributed by atoms with Crippen molar-refractivity contribution in [2.75, 3.05) is 6.61 Å². The third kappa shape index (κ3) is 1.57. The molecule has 3 unspecified atom stereocenters. The number of hydrogen-bond acceptors (Lipinski definition) is 4. The van der Waals surface area contributed by atoms with Crippen LogP contribution in [0.3, 0.4) is 0 Å². The first-order valence-corrected chi connectivity index (χ1v) is 6.92. The van der Waals surface area contributed by atoms with Crippen molar-refractivity contribution in [1.29, 1.82) is 0 Å². The molecule has 0 amide bonds. The molecule has 2 heterocycles. The van der Waals surface area contributed by atoms with E-state index in [0.717, 1.165) is 24.4 Å². The molecule has 3 atom stereocenters. The predicted molar refractivity (Wildman–Crippen MR) is 71.2 cm³/mol. The van der Waals surface area contributed by atoms with Crippen molar-refractivity contribution in [2.45, 2.75) is 31.2 Å². The summed E-state index contributed by atoms with van der Waals surface area (Å²) in [5, 5.41) is 3.46. The van der Waals surface area contributed by atoms with Crippen molar-refractivity contribution >= 4 is 0 Å². The van der Waals surface area contributed by atoms with E-state index in [1.807, 2.05) is 18.2 Å². The van der Waals surface area contributed by atoms with Crippen LogP contribution in [0.25, 0.3) is 0 Å². The highest BCUT2D eigenvalue weighted by molar-refractivity contribution is 5.46. The Morgan fingerprint density at radius 1 is 1.32 bits per heavy atom. The molecule has 4 rings (SSSR count). The molecule has 0 saturated carbocycles. The maximum absolute atomic E-state index is 6.08. The van der Waals surface area contributed by atoms with E-state index in [-0.39, 0.29) is 5.54 Å². The lowest BCUT2D eigenvalue weighted by Gasteiger charge is -2.44. The lowest BCUT2D eigenvalue weighted by molar-refractivity contribution is 0.0917. The van der Waals surface area contributed by atoms with Crippen molar-refractivity contribution in [3.63, 3.8) is 0 Å². The van der Waals surface area contributed by atoms with Gasteiger partial charge in [-0.3, -0.25) is 11.1 Å². The number of hydrogen-bond donors (Lipinski definition) is 2. The summed E-state index contributed by atoms with van der Waals surface area (Å²) in [6.45, 7) is 0.608. The predicted octanol–water partition coefficient (Wildman–Crippen LogP) is 1.82. The van der Waals surface area contributed by atoms with Crippen LogP contribution in [0, 0.1) is 5.92 Å². The molecule has 1 aliphatic carbocycles. The van der Waals surface area contributed by atoms with Gasteiger partial charge in [0.05, 0.1) is 12.1 Å². The van der Waals surface area contributed by atoms with E-state index in [1.165, 1.54) is 12.0 Å². The number of benzene rings is 1. The summed E-state index contributed by atoms with van der Waals surface area (Å²) in [5.74, 6) is 2.33. The topological polar surface area (TPSA) is 56.5 Å².